The number of rotatable bonds is 0. The quantitative estimate of drug-likeness (QED) is 0.340. The lowest BCUT2D eigenvalue weighted by molar-refractivity contribution is -0.00488. The zero-order valence-corrected chi connectivity index (χ0v) is 7.30. The minimum absolute atomic E-state index is 0.163. The van der Waals surface area contributed by atoms with Gasteiger partial charge < -0.3 is 5.53 Å². The average molecular weight is 219 g/mol. The van der Waals surface area contributed by atoms with Gasteiger partial charge >= 0.3 is 5.71 Å². The van der Waals surface area contributed by atoms with E-state index >= 15 is 0 Å². The first-order valence-electron chi connectivity index (χ1n) is 2.65. The molecule has 0 saturated carbocycles. The number of allylic oxidation sites excluding steroid dienone is 4. The molecule has 4 heteroatoms. The highest BCUT2D eigenvalue weighted by atomic mass is 79.9. The average Bonchev–Trinajstić information content (AvgIpc) is 1.95. The molecule has 0 aromatic carbocycles. The lowest BCUT2D eigenvalue weighted by Crippen LogP contribution is -2.14. The lowest BCUT2D eigenvalue weighted by Gasteiger charge is -2.02. The van der Waals surface area contributed by atoms with Gasteiger partial charge in [-0.3, -0.25) is 0 Å². The van der Waals surface area contributed by atoms with Crippen LogP contribution in [0.15, 0.2) is 23.3 Å². The van der Waals surface area contributed by atoms with Gasteiger partial charge in [-0.2, -0.15) is 4.79 Å². The van der Waals surface area contributed by atoms with Crippen molar-refractivity contribution in [1.82, 2.24) is 0 Å². The number of nitrogens with zero attached hydrogens (tertiary/aromatic N) is 2. The summed E-state index contributed by atoms with van der Waals surface area (Å²) in [5.41, 5.74) is 8.92. The van der Waals surface area contributed by atoms with Crippen LogP contribution >= 0.6 is 27.5 Å². The van der Waals surface area contributed by atoms with Crippen molar-refractivity contribution in [2.75, 3.05) is 0 Å². The third-order valence-corrected chi connectivity index (χ3v) is 2.71. The van der Waals surface area contributed by atoms with Gasteiger partial charge in [0.25, 0.3) is 0 Å². The summed E-state index contributed by atoms with van der Waals surface area (Å²) in [5.74, 6) is 0. The van der Waals surface area contributed by atoms with E-state index < -0.39 is 0 Å². The van der Waals surface area contributed by atoms with Crippen molar-refractivity contribution in [2.45, 2.75) is 4.83 Å². The van der Waals surface area contributed by atoms with Gasteiger partial charge in [0, 0.05) is 11.1 Å². The second-order valence-corrected chi connectivity index (χ2v) is 3.15. The van der Waals surface area contributed by atoms with Crippen LogP contribution in [0.4, 0.5) is 0 Å². The van der Waals surface area contributed by atoms with Crippen molar-refractivity contribution in [3.8, 4) is 0 Å². The van der Waals surface area contributed by atoms with E-state index in [4.69, 9.17) is 17.1 Å². The summed E-state index contributed by atoms with van der Waals surface area (Å²) in [6.45, 7) is 0. The Morgan fingerprint density at radius 3 is 2.90 bits per heavy atom. The van der Waals surface area contributed by atoms with Crippen LogP contribution in [0.5, 0.6) is 0 Å². The summed E-state index contributed by atoms with van der Waals surface area (Å²) in [4.78, 5) is 2.87. The number of alkyl halides is 1. The number of hydrogen-bond donors (Lipinski definition) is 0. The fraction of sp³-hybridized carbons (Fsp3) is 0.167. The molecule has 0 aromatic rings. The molecule has 0 bridgehead atoms. The Hall–Kier alpha value is -0.370. The van der Waals surface area contributed by atoms with E-state index in [1.165, 1.54) is 0 Å². The van der Waals surface area contributed by atoms with Crippen LogP contribution in [0.1, 0.15) is 0 Å². The first-order valence-corrected chi connectivity index (χ1v) is 3.95. The van der Waals surface area contributed by atoms with Crippen LogP contribution in [0.3, 0.4) is 0 Å². The molecule has 0 N–H and O–H groups in total. The van der Waals surface area contributed by atoms with Crippen LogP contribution in [0.2, 0.25) is 0 Å². The molecule has 0 aliphatic heterocycles. The predicted octanol–water partition coefficient (Wildman–Crippen LogP) is 2.11. The summed E-state index contributed by atoms with van der Waals surface area (Å²) < 4.78 is 0. The molecule has 0 saturated heterocycles. The van der Waals surface area contributed by atoms with Crippen molar-refractivity contribution in [3.63, 3.8) is 0 Å². The molecule has 0 spiro atoms. The summed E-state index contributed by atoms with van der Waals surface area (Å²) in [7, 11) is 0. The van der Waals surface area contributed by atoms with E-state index in [-0.39, 0.29) is 4.83 Å². The second kappa shape index (κ2) is 3.15. The van der Waals surface area contributed by atoms with Crippen LogP contribution in [-0.2, 0) is 0 Å². The van der Waals surface area contributed by atoms with Gasteiger partial charge in [-0.05, 0) is 6.08 Å². The minimum Gasteiger partial charge on any atom is -0.361 e. The maximum absolute atomic E-state index is 8.40. The second-order valence-electron chi connectivity index (χ2n) is 1.80. The molecule has 1 aliphatic carbocycles. The lowest BCUT2D eigenvalue weighted by atomic mass is 10.1. The molecule has 0 fully saturated rings. The standard InChI is InChI=1S/C6H4BrClN2/c7-6-4(8)2-1-3-5(6)10-9/h1-3,6H. The summed E-state index contributed by atoms with van der Waals surface area (Å²) >= 11 is 8.95. The third kappa shape index (κ3) is 1.37. The molecule has 1 unspecified atom stereocenters. The van der Waals surface area contributed by atoms with E-state index in [0.717, 1.165) is 0 Å². The van der Waals surface area contributed by atoms with Gasteiger partial charge in [-0.1, -0.05) is 33.6 Å². The van der Waals surface area contributed by atoms with Crippen LogP contribution in [0, 0.1) is 0 Å². The van der Waals surface area contributed by atoms with E-state index in [2.05, 4.69) is 20.7 Å². The van der Waals surface area contributed by atoms with Crippen LogP contribution in [-0.4, -0.2) is 15.3 Å². The third-order valence-electron chi connectivity index (χ3n) is 1.14. The Balaban J connectivity index is 3.00. The van der Waals surface area contributed by atoms with Crippen LogP contribution in [0.25, 0.3) is 5.53 Å². The Morgan fingerprint density at radius 2 is 2.40 bits per heavy atom. The van der Waals surface area contributed by atoms with Crippen molar-refractivity contribution >= 4 is 33.2 Å². The van der Waals surface area contributed by atoms with E-state index in [1.807, 2.05) is 0 Å². The monoisotopic (exact) mass is 218 g/mol. The Kier molecular flexibility index (Phi) is 2.44. The first kappa shape index (κ1) is 7.73. The zero-order chi connectivity index (χ0) is 7.56. The molecular formula is C6H4BrClN2. The predicted molar refractivity (Wildman–Crippen MR) is 44.4 cm³/mol. The highest BCUT2D eigenvalue weighted by Crippen LogP contribution is 2.20. The molecule has 0 amide bonds. The van der Waals surface area contributed by atoms with E-state index in [9.17, 15) is 0 Å². The Morgan fingerprint density at radius 1 is 1.70 bits per heavy atom. The minimum atomic E-state index is -0.163. The Bertz CT molecular complexity index is 250. The maximum Gasteiger partial charge on any atom is 0.310 e. The highest BCUT2D eigenvalue weighted by molar-refractivity contribution is 9.10. The van der Waals surface area contributed by atoms with Crippen molar-refractivity contribution in [3.05, 3.63) is 28.8 Å². The van der Waals surface area contributed by atoms with Crippen molar-refractivity contribution in [1.29, 1.82) is 0 Å². The molecular weight excluding hydrogens is 215 g/mol. The molecule has 1 aliphatic rings. The smallest absolute Gasteiger partial charge is 0.310 e. The summed E-state index contributed by atoms with van der Waals surface area (Å²) in [6, 6.07) is 0. The van der Waals surface area contributed by atoms with E-state index in [0.29, 0.717) is 10.7 Å². The fourth-order valence-corrected chi connectivity index (χ4v) is 1.21. The topological polar surface area (TPSA) is 36.4 Å². The van der Waals surface area contributed by atoms with Gasteiger partial charge in [0.05, 0.1) is 0 Å². The molecule has 0 radical (unpaired) electrons. The van der Waals surface area contributed by atoms with Gasteiger partial charge in [-0.25, -0.2) is 0 Å². The van der Waals surface area contributed by atoms with Gasteiger partial charge in [0.2, 0.25) is 0 Å². The van der Waals surface area contributed by atoms with Crippen molar-refractivity contribution < 1.29 is 4.79 Å². The van der Waals surface area contributed by atoms with Gasteiger partial charge in [0.15, 0.2) is 4.83 Å². The normalized spacial score (nSPS) is 24.0. The molecule has 2 nitrogen and oxygen atoms in total. The Labute approximate surface area is 71.9 Å². The molecule has 1 rings (SSSR count). The molecule has 10 heavy (non-hydrogen) atoms. The van der Waals surface area contributed by atoms with E-state index in [1.54, 1.807) is 18.2 Å². The highest BCUT2D eigenvalue weighted by Gasteiger charge is 2.22. The molecule has 0 heterocycles. The largest absolute Gasteiger partial charge is 0.361 e. The summed E-state index contributed by atoms with van der Waals surface area (Å²) in [5, 5.41) is 0.621. The molecule has 0 aromatic heterocycles. The van der Waals surface area contributed by atoms with Gasteiger partial charge in [-0.15, -0.1) is 0 Å². The van der Waals surface area contributed by atoms with Crippen molar-refractivity contribution in [2.24, 2.45) is 0 Å². The first-order chi connectivity index (χ1) is 4.75. The number of hydrogen-bond acceptors (Lipinski definition) is 0. The van der Waals surface area contributed by atoms with Gasteiger partial charge in [0.1, 0.15) is 0 Å². The van der Waals surface area contributed by atoms with Crippen LogP contribution < -0.4 is 0 Å². The maximum atomic E-state index is 8.40. The SMILES string of the molecule is [N-]=[N+]=C1C=CC=C(Cl)C1Br. The molecule has 1 atom stereocenters. The fourth-order valence-electron chi connectivity index (χ4n) is 0.633. The summed E-state index contributed by atoms with van der Waals surface area (Å²) in [6.07, 6.45) is 5.16. The number of halogens is 2. The molecule has 52 valence electrons. The zero-order valence-electron chi connectivity index (χ0n) is 4.96.